The number of ether oxygens (including phenoxy) is 4. The van der Waals surface area contributed by atoms with Crippen molar-refractivity contribution in [1.29, 1.82) is 0 Å². The van der Waals surface area contributed by atoms with E-state index < -0.39 is 181 Å². The Labute approximate surface area is 394 Å². The fourth-order valence-electron chi connectivity index (χ4n) is 6.55. The van der Waals surface area contributed by atoms with Gasteiger partial charge in [0.1, 0.15) is 0 Å². The molecule has 3 N–H and O–H groups in total. The van der Waals surface area contributed by atoms with E-state index in [1.165, 1.54) is 4.90 Å². The van der Waals surface area contributed by atoms with Gasteiger partial charge in [-0.05, 0) is 0 Å². The van der Waals surface area contributed by atoms with Crippen LogP contribution in [0.1, 0.15) is 0 Å². The maximum atomic E-state index is 13.9. The highest BCUT2D eigenvalue weighted by molar-refractivity contribution is 5.70. The maximum absolute atomic E-state index is 13.9. The summed E-state index contributed by atoms with van der Waals surface area (Å²) in [5.41, 5.74) is -29.3. The predicted octanol–water partition coefficient (Wildman–Crippen LogP) is 6.79. The van der Waals surface area contributed by atoms with Crippen LogP contribution in [0.2, 0.25) is 0 Å². The first-order valence-corrected chi connectivity index (χ1v) is 19.5. The van der Waals surface area contributed by atoms with Crippen molar-refractivity contribution in [3.05, 3.63) is 0 Å². The molecule has 0 aromatic rings. The molecule has 0 spiro atoms. The van der Waals surface area contributed by atoms with Gasteiger partial charge in [-0.15, -0.1) is 0 Å². The normalized spacial score (nSPS) is 18.0. The molecule has 0 aromatic carbocycles. The molecule has 0 saturated carbocycles. The van der Waals surface area contributed by atoms with Gasteiger partial charge in [0, 0.05) is 58.9 Å². The molecule has 0 atom stereocenters. The van der Waals surface area contributed by atoms with Gasteiger partial charge in [-0.1, -0.05) is 0 Å². The fraction of sp³-hybridized carbons (Fsp3) is 0.909. The Morgan fingerprint density at radius 1 is 0.324 bits per heavy atom. The van der Waals surface area contributed by atoms with Gasteiger partial charge in [-0.2, -0.15) is 119 Å². The summed E-state index contributed by atoms with van der Waals surface area (Å²) in [5, 5.41) is 27.9. The largest absolute Gasteiger partial charge is 0.480 e. The molecule has 1 heterocycles. The number of carbonyl (C=O) groups is 3. The van der Waals surface area contributed by atoms with E-state index in [4.69, 9.17) is 0 Å². The highest BCUT2D eigenvalue weighted by atomic mass is 19.5. The second kappa shape index (κ2) is 23.8. The lowest BCUT2D eigenvalue weighted by molar-refractivity contribution is -0.474. The Morgan fingerprint density at radius 3 is 0.689 bits per heavy atom. The van der Waals surface area contributed by atoms with Crippen LogP contribution >= 0.6 is 0 Å². The molecule has 438 valence electrons. The third-order valence-electron chi connectivity index (χ3n) is 10.3. The van der Waals surface area contributed by atoms with Crippen LogP contribution in [0.4, 0.5) is 119 Å². The zero-order valence-electron chi connectivity index (χ0n) is 36.2. The van der Waals surface area contributed by atoms with Crippen LogP contribution in [0.25, 0.3) is 0 Å². The van der Waals surface area contributed by atoms with Crippen molar-refractivity contribution in [2.45, 2.75) is 72.4 Å². The quantitative estimate of drug-likeness (QED) is 0.0864. The third-order valence-corrected chi connectivity index (χ3v) is 10.3. The Hall–Kier alpha value is -3.80. The molecule has 1 fully saturated rings. The molecule has 14 nitrogen and oxygen atoms in total. The monoisotopic (exact) mass is 1160 g/mol. The van der Waals surface area contributed by atoms with Crippen molar-refractivity contribution in [2.75, 3.05) is 112 Å². The van der Waals surface area contributed by atoms with Crippen LogP contribution in [0, 0.1) is 5.41 Å². The molecule has 0 unspecified atom stereocenters. The minimum Gasteiger partial charge on any atom is -0.480 e. The molecule has 1 saturated heterocycles. The average Bonchev–Trinajstić information content (AvgIpc) is 3.12. The Morgan fingerprint density at radius 2 is 0.514 bits per heavy atom. The first kappa shape index (κ1) is 68.2. The van der Waals surface area contributed by atoms with Crippen LogP contribution in [0.3, 0.4) is 0 Å². The molecule has 0 aliphatic carbocycles. The summed E-state index contributed by atoms with van der Waals surface area (Å²) in [5.74, 6) is -4.61. The fourth-order valence-corrected chi connectivity index (χ4v) is 6.55. The number of alkyl halides is 27. The number of hydrogen-bond acceptors (Lipinski definition) is 11. The molecule has 1 aliphatic rings. The summed E-state index contributed by atoms with van der Waals surface area (Å²) < 4.78 is 389. The number of halogens is 27. The summed E-state index contributed by atoms with van der Waals surface area (Å²) >= 11 is 0. The molecule has 41 heteroatoms. The second-order valence-electron chi connectivity index (χ2n) is 15.8. The summed E-state index contributed by atoms with van der Waals surface area (Å²) in [4.78, 5) is 38.6. The highest BCUT2D eigenvalue weighted by Gasteiger charge is 2.88. The minimum atomic E-state index is -8.14. The smallest absolute Gasteiger partial charge is 0.435 e. The van der Waals surface area contributed by atoms with Crippen LogP contribution in [-0.2, 0) is 33.3 Å². The molecule has 74 heavy (non-hydrogen) atoms. The predicted molar refractivity (Wildman–Crippen MR) is 182 cm³/mol. The SMILES string of the molecule is O=C(O)CN1CCN(CCOCC(COC(C(F)(F)F)(C(F)(F)F)C(F)(F)F)(COC(C(F)(F)F)(C(F)(F)F)C(F)(F)F)COC(C(F)(F)F)(C(F)(F)F)C(F)(F)F)CCN(CC(=O)O)CCN(CC(=O)O)CC1. The van der Waals surface area contributed by atoms with Gasteiger partial charge >= 0.3 is 90.3 Å². The number of carboxylic acids is 3. The lowest BCUT2D eigenvalue weighted by Gasteiger charge is -2.45. The number of rotatable bonds is 20. The van der Waals surface area contributed by atoms with Crippen LogP contribution in [0.15, 0.2) is 0 Å². The molecule has 1 rings (SSSR count). The van der Waals surface area contributed by atoms with Crippen molar-refractivity contribution >= 4 is 17.9 Å². The van der Waals surface area contributed by atoms with Gasteiger partial charge in [-0.3, -0.25) is 34.0 Å². The number of hydrogen-bond donors (Lipinski definition) is 3. The standard InChI is InChI=1S/C33H37F27N4O10/c34-25(35,36)22(26(37,38)39,27(40,41)42)72-15-21(16-73-23(28(43,44)45,29(46,47)48)30(49,50)51,17-74-24(31(52,53)54,32(55,56)57)33(58,59)60)14-71-10-9-61-1-3-62(11-18(65)66)5-7-64(13-20(69)70)8-6-63(4-2-61)12-19(67)68/h1-17H2,(H,65,66)(H,67,68)(H,69,70). The van der Waals surface area contributed by atoms with E-state index in [0.717, 1.165) is 14.7 Å². The maximum Gasteiger partial charge on any atom is 0.435 e. The van der Waals surface area contributed by atoms with E-state index in [9.17, 15) is 148 Å². The molecule has 0 aromatic heterocycles. The van der Waals surface area contributed by atoms with E-state index in [-0.39, 0.29) is 26.2 Å². The van der Waals surface area contributed by atoms with Crippen LogP contribution in [0.5, 0.6) is 0 Å². The van der Waals surface area contributed by atoms with Crippen molar-refractivity contribution in [3.63, 3.8) is 0 Å². The van der Waals surface area contributed by atoms with Crippen LogP contribution in [-0.4, -0.2) is 237 Å². The van der Waals surface area contributed by atoms with E-state index >= 15 is 0 Å². The molecular weight excluding hydrogens is 1130 g/mol. The van der Waals surface area contributed by atoms with Gasteiger partial charge in [0.05, 0.1) is 58.1 Å². The topological polar surface area (TPSA) is 162 Å². The number of nitrogens with zero attached hydrogens (tertiary/aromatic N) is 4. The molecule has 0 radical (unpaired) electrons. The number of aliphatic carboxylic acids is 3. The van der Waals surface area contributed by atoms with E-state index in [1.807, 2.05) is 0 Å². The van der Waals surface area contributed by atoms with Gasteiger partial charge in [0.15, 0.2) is 0 Å². The van der Waals surface area contributed by atoms with Crippen molar-refractivity contribution in [3.8, 4) is 0 Å². The Balaban J connectivity index is 4.32. The molecular formula is C33H37F27N4O10. The van der Waals surface area contributed by atoms with Gasteiger partial charge in [0.25, 0.3) is 0 Å². The minimum absolute atomic E-state index is 0.299. The zero-order chi connectivity index (χ0) is 58.4. The van der Waals surface area contributed by atoms with Crippen molar-refractivity contribution in [2.24, 2.45) is 5.41 Å². The van der Waals surface area contributed by atoms with Crippen LogP contribution < -0.4 is 0 Å². The first-order valence-electron chi connectivity index (χ1n) is 19.5. The lowest BCUT2D eigenvalue weighted by Crippen LogP contribution is -2.71. The summed E-state index contributed by atoms with van der Waals surface area (Å²) in [6, 6.07) is 0. The Bertz CT molecular complexity index is 1560. The summed E-state index contributed by atoms with van der Waals surface area (Å²) in [6.45, 7) is -24.3. The van der Waals surface area contributed by atoms with Gasteiger partial charge < -0.3 is 34.3 Å². The van der Waals surface area contributed by atoms with Gasteiger partial charge in [0.2, 0.25) is 0 Å². The number of carboxylic acid groups (broad SMARTS) is 3. The first-order chi connectivity index (χ1) is 32.8. The van der Waals surface area contributed by atoms with E-state index in [0.29, 0.717) is 0 Å². The van der Waals surface area contributed by atoms with Crippen molar-refractivity contribution in [1.82, 2.24) is 19.6 Å². The third kappa shape index (κ3) is 16.1. The van der Waals surface area contributed by atoms with Gasteiger partial charge in [-0.25, -0.2) is 0 Å². The lowest BCUT2D eigenvalue weighted by atomic mass is 9.89. The Kier molecular flexibility index (Phi) is 22.0. The van der Waals surface area contributed by atoms with E-state index in [2.05, 4.69) is 18.9 Å². The summed E-state index contributed by atoms with van der Waals surface area (Å²) in [6.07, 6.45) is -73.3. The van der Waals surface area contributed by atoms with Crippen molar-refractivity contribution < 1.29 is 167 Å². The zero-order valence-corrected chi connectivity index (χ0v) is 36.2. The molecule has 0 amide bonds. The average molecular weight is 1160 g/mol. The highest BCUT2D eigenvalue weighted by Crippen LogP contribution is 2.59. The summed E-state index contributed by atoms with van der Waals surface area (Å²) in [7, 11) is 0. The molecule has 1 aliphatic heterocycles. The molecule has 0 bridgehead atoms. The van der Waals surface area contributed by atoms with E-state index in [1.54, 1.807) is 0 Å². The second-order valence-corrected chi connectivity index (χ2v) is 15.8.